The van der Waals surface area contributed by atoms with Crippen LogP contribution >= 0.6 is 0 Å². The summed E-state index contributed by atoms with van der Waals surface area (Å²) < 4.78 is 27.4. The van der Waals surface area contributed by atoms with Gasteiger partial charge in [0.15, 0.2) is 11.6 Å². The van der Waals surface area contributed by atoms with Crippen LogP contribution < -0.4 is 4.74 Å². The van der Waals surface area contributed by atoms with Gasteiger partial charge in [-0.15, -0.1) is 0 Å². The molecule has 0 bridgehead atoms. The molecule has 0 spiro atoms. The third-order valence-electron chi connectivity index (χ3n) is 5.08. The van der Waals surface area contributed by atoms with Crippen LogP contribution in [-0.4, -0.2) is 52.2 Å². The van der Waals surface area contributed by atoms with Crippen molar-refractivity contribution in [2.24, 2.45) is 7.05 Å². The summed E-state index contributed by atoms with van der Waals surface area (Å²) in [6.45, 7) is 6.59. The Morgan fingerprint density at radius 1 is 1.09 bits per heavy atom. The first-order valence-corrected chi connectivity index (χ1v) is 11.0. The first kappa shape index (κ1) is 23.9. The van der Waals surface area contributed by atoms with Gasteiger partial charge in [-0.1, -0.05) is 49.4 Å². The molecule has 0 fully saturated rings. The van der Waals surface area contributed by atoms with Crippen LogP contribution in [0.25, 0.3) is 11.3 Å². The van der Waals surface area contributed by atoms with Crippen LogP contribution in [0.15, 0.2) is 54.6 Å². The second-order valence-electron chi connectivity index (χ2n) is 7.70. The summed E-state index contributed by atoms with van der Waals surface area (Å²) in [5.74, 6) is 0.197. The van der Waals surface area contributed by atoms with Gasteiger partial charge >= 0.3 is 0 Å². The second-order valence-corrected chi connectivity index (χ2v) is 7.70. The van der Waals surface area contributed by atoms with Crippen molar-refractivity contribution >= 4 is 0 Å². The Morgan fingerprint density at radius 3 is 2.50 bits per heavy atom. The molecule has 0 saturated carbocycles. The van der Waals surface area contributed by atoms with Crippen LogP contribution in [0.2, 0.25) is 0 Å². The van der Waals surface area contributed by atoms with Gasteiger partial charge in [0.1, 0.15) is 5.69 Å². The molecule has 7 heteroatoms. The molecule has 2 aromatic carbocycles. The standard InChI is InChI=1S/C25H32FN3O3/c1-4-15-29(16-20(30)18-31-5-2)17-21-24(19-11-7-6-8-12-19)27-28(3)25(21)32-23-14-10-9-13-22(23)26/h6-14,20,30H,4-5,15-18H2,1-3H3/t20-/m1/s1. The Bertz CT molecular complexity index is 978. The van der Waals surface area contributed by atoms with Crippen LogP contribution in [0.4, 0.5) is 4.39 Å². The minimum Gasteiger partial charge on any atom is -0.436 e. The smallest absolute Gasteiger partial charge is 0.222 e. The van der Waals surface area contributed by atoms with Crippen molar-refractivity contribution in [1.82, 2.24) is 14.7 Å². The Hall–Kier alpha value is -2.74. The van der Waals surface area contributed by atoms with Crippen LogP contribution in [0.1, 0.15) is 25.8 Å². The highest BCUT2D eigenvalue weighted by molar-refractivity contribution is 5.65. The lowest BCUT2D eigenvalue weighted by molar-refractivity contribution is 0.0195. The SMILES string of the molecule is CCCN(Cc1c(-c2ccccc2)nn(C)c1Oc1ccccc1F)C[C@@H](O)COCC. The van der Waals surface area contributed by atoms with Crippen LogP contribution in [0.3, 0.4) is 0 Å². The fraction of sp³-hybridized carbons (Fsp3) is 0.400. The Balaban J connectivity index is 1.97. The largest absolute Gasteiger partial charge is 0.436 e. The average Bonchev–Trinajstić information content (AvgIpc) is 3.09. The number of aryl methyl sites for hydroxylation is 1. The maximum atomic E-state index is 14.3. The summed E-state index contributed by atoms with van der Waals surface area (Å²) >= 11 is 0. The fourth-order valence-corrected chi connectivity index (χ4v) is 3.66. The molecule has 0 aliphatic rings. The Kier molecular flexibility index (Phi) is 8.79. The van der Waals surface area contributed by atoms with E-state index in [1.54, 1.807) is 29.9 Å². The van der Waals surface area contributed by atoms with Crippen molar-refractivity contribution < 1.29 is 19.0 Å². The molecule has 0 unspecified atom stereocenters. The molecule has 3 rings (SSSR count). The van der Waals surface area contributed by atoms with Gasteiger partial charge in [0.25, 0.3) is 0 Å². The summed E-state index contributed by atoms with van der Waals surface area (Å²) in [6, 6.07) is 16.2. The van der Waals surface area contributed by atoms with E-state index < -0.39 is 11.9 Å². The normalized spacial score (nSPS) is 12.3. The number of nitrogens with zero attached hydrogens (tertiary/aromatic N) is 3. The van der Waals surface area contributed by atoms with Gasteiger partial charge in [-0.05, 0) is 32.0 Å². The maximum absolute atomic E-state index is 14.3. The zero-order chi connectivity index (χ0) is 22.9. The van der Waals surface area contributed by atoms with Gasteiger partial charge in [0.05, 0.1) is 18.3 Å². The van der Waals surface area contributed by atoms with Gasteiger partial charge in [-0.3, -0.25) is 4.90 Å². The quantitative estimate of drug-likeness (QED) is 0.444. The molecule has 0 radical (unpaired) electrons. The van der Waals surface area contributed by atoms with Crippen molar-refractivity contribution in [2.45, 2.75) is 32.9 Å². The van der Waals surface area contributed by atoms with Crippen molar-refractivity contribution in [3.05, 3.63) is 66.0 Å². The van der Waals surface area contributed by atoms with Gasteiger partial charge in [-0.25, -0.2) is 9.07 Å². The molecule has 6 nitrogen and oxygen atoms in total. The number of para-hydroxylation sites is 1. The van der Waals surface area contributed by atoms with E-state index in [2.05, 4.69) is 11.8 Å². The summed E-state index contributed by atoms with van der Waals surface area (Å²) in [6.07, 6.45) is 0.320. The molecule has 1 atom stereocenters. The number of rotatable bonds is 12. The molecular weight excluding hydrogens is 409 g/mol. The molecule has 0 aliphatic carbocycles. The van der Waals surface area contributed by atoms with Gasteiger partial charge in [0.2, 0.25) is 5.88 Å². The number of aromatic nitrogens is 2. The van der Waals surface area contributed by atoms with Crippen molar-refractivity contribution in [3.8, 4) is 22.9 Å². The van der Waals surface area contributed by atoms with Gasteiger partial charge in [-0.2, -0.15) is 5.10 Å². The molecule has 0 amide bonds. The summed E-state index contributed by atoms with van der Waals surface area (Å²) in [7, 11) is 1.79. The van der Waals surface area contributed by atoms with Crippen LogP contribution in [-0.2, 0) is 18.3 Å². The monoisotopic (exact) mass is 441 g/mol. The summed E-state index contributed by atoms with van der Waals surface area (Å²) in [5, 5.41) is 15.1. The zero-order valence-corrected chi connectivity index (χ0v) is 19.0. The van der Waals surface area contributed by atoms with E-state index in [9.17, 15) is 9.50 Å². The summed E-state index contributed by atoms with van der Waals surface area (Å²) in [4.78, 5) is 2.15. The molecule has 1 heterocycles. The molecule has 0 aliphatic heterocycles. The predicted octanol–water partition coefficient (Wildman–Crippen LogP) is 4.63. The van der Waals surface area contributed by atoms with E-state index in [1.165, 1.54) is 6.07 Å². The first-order valence-electron chi connectivity index (χ1n) is 11.0. The number of halogens is 1. The second kappa shape index (κ2) is 11.8. The minimum atomic E-state index is -0.603. The molecule has 3 aromatic rings. The van der Waals surface area contributed by atoms with Gasteiger partial charge < -0.3 is 14.6 Å². The third kappa shape index (κ3) is 6.16. The lowest BCUT2D eigenvalue weighted by Gasteiger charge is -2.25. The number of benzene rings is 2. The van der Waals surface area contributed by atoms with E-state index in [0.29, 0.717) is 25.6 Å². The minimum absolute atomic E-state index is 0.148. The molecule has 1 N–H and O–H groups in total. The Morgan fingerprint density at radius 2 is 1.81 bits per heavy atom. The topological polar surface area (TPSA) is 59.8 Å². The molecule has 0 saturated heterocycles. The number of hydrogen-bond donors (Lipinski definition) is 1. The van der Waals surface area contributed by atoms with Crippen molar-refractivity contribution in [2.75, 3.05) is 26.3 Å². The highest BCUT2D eigenvalue weighted by Gasteiger charge is 2.23. The van der Waals surface area contributed by atoms with E-state index in [4.69, 9.17) is 14.6 Å². The molecule has 1 aromatic heterocycles. The van der Waals surface area contributed by atoms with E-state index in [1.807, 2.05) is 37.3 Å². The van der Waals surface area contributed by atoms with E-state index >= 15 is 0 Å². The van der Waals surface area contributed by atoms with E-state index in [-0.39, 0.29) is 12.4 Å². The highest BCUT2D eigenvalue weighted by atomic mass is 19.1. The number of ether oxygens (including phenoxy) is 2. The lowest BCUT2D eigenvalue weighted by atomic mass is 10.1. The van der Waals surface area contributed by atoms with Crippen LogP contribution in [0, 0.1) is 5.82 Å². The predicted molar refractivity (Wildman–Crippen MR) is 123 cm³/mol. The molecule has 32 heavy (non-hydrogen) atoms. The van der Waals surface area contributed by atoms with Crippen LogP contribution in [0.5, 0.6) is 11.6 Å². The third-order valence-corrected chi connectivity index (χ3v) is 5.08. The molecule has 172 valence electrons. The average molecular weight is 442 g/mol. The number of aliphatic hydroxyl groups is 1. The first-order chi connectivity index (χ1) is 15.5. The lowest BCUT2D eigenvalue weighted by Crippen LogP contribution is -2.35. The number of aliphatic hydroxyl groups excluding tert-OH is 1. The Labute approximate surface area is 189 Å². The van der Waals surface area contributed by atoms with E-state index in [0.717, 1.165) is 29.8 Å². The highest BCUT2D eigenvalue weighted by Crippen LogP contribution is 2.35. The number of hydrogen-bond acceptors (Lipinski definition) is 5. The molecular formula is C25H32FN3O3. The van der Waals surface area contributed by atoms with Crippen molar-refractivity contribution in [3.63, 3.8) is 0 Å². The fourth-order valence-electron chi connectivity index (χ4n) is 3.66. The zero-order valence-electron chi connectivity index (χ0n) is 19.0. The van der Waals surface area contributed by atoms with Gasteiger partial charge in [0, 0.05) is 32.3 Å². The van der Waals surface area contributed by atoms with Crippen molar-refractivity contribution in [1.29, 1.82) is 0 Å². The maximum Gasteiger partial charge on any atom is 0.222 e. The summed E-state index contributed by atoms with van der Waals surface area (Å²) in [5.41, 5.74) is 2.58.